The van der Waals surface area contributed by atoms with E-state index in [9.17, 15) is 4.79 Å². The van der Waals surface area contributed by atoms with Crippen molar-refractivity contribution in [3.63, 3.8) is 0 Å². The van der Waals surface area contributed by atoms with Crippen LogP contribution in [-0.2, 0) is 40.7 Å². The smallest absolute Gasteiger partial charge is 0.255 e. The molecule has 0 saturated heterocycles. The molecular formula is C34H44N4O3Si. The third kappa shape index (κ3) is 10.4. The van der Waals surface area contributed by atoms with E-state index in [-0.39, 0.29) is 11.9 Å². The molecule has 0 aliphatic carbocycles. The number of benzene rings is 3. The van der Waals surface area contributed by atoms with Crippen molar-refractivity contribution in [2.45, 2.75) is 71.2 Å². The lowest BCUT2D eigenvalue weighted by atomic mass is 10.1. The summed E-state index contributed by atoms with van der Waals surface area (Å²) in [5, 5.41) is 7.44. The average Bonchev–Trinajstić information content (AvgIpc) is 3.43. The fourth-order valence-corrected chi connectivity index (χ4v) is 5.37. The molecule has 0 saturated carbocycles. The van der Waals surface area contributed by atoms with Crippen LogP contribution in [0.2, 0.25) is 25.7 Å². The SMILES string of the molecule is C[C@@H](C(OCc1ccccc1)C(=O)Nc1cnn(COCC[Si](C)(C)C)c1)N(Cc1ccccc1)Cc1ccccc1. The lowest BCUT2D eigenvalue weighted by Crippen LogP contribution is -2.48. The van der Waals surface area contributed by atoms with Gasteiger partial charge in [0.05, 0.1) is 24.7 Å². The zero-order valence-electron chi connectivity index (χ0n) is 25.3. The molecule has 0 fully saturated rings. The quantitative estimate of drug-likeness (QED) is 0.116. The maximum atomic E-state index is 13.8. The summed E-state index contributed by atoms with van der Waals surface area (Å²) in [6.45, 7) is 11.8. The largest absolute Gasteiger partial charge is 0.362 e. The number of hydrogen-bond donors (Lipinski definition) is 1. The summed E-state index contributed by atoms with van der Waals surface area (Å²) in [5.41, 5.74) is 3.99. The van der Waals surface area contributed by atoms with Gasteiger partial charge in [0, 0.05) is 33.8 Å². The lowest BCUT2D eigenvalue weighted by molar-refractivity contribution is -0.133. The second-order valence-electron chi connectivity index (χ2n) is 11.9. The van der Waals surface area contributed by atoms with E-state index in [0.29, 0.717) is 38.7 Å². The van der Waals surface area contributed by atoms with Crippen LogP contribution in [0.1, 0.15) is 23.6 Å². The number of carbonyl (C=O) groups excluding carboxylic acids is 1. The van der Waals surface area contributed by atoms with Gasteiger partial charge in [-0.15, -0.1) is 0 Å². The zero-order chi connectivity index (χ0) is 29.8. The summed E-state index contributed by atoms with van der Waals surface area (Å²) in [7, 11) is -1.16. The van der Waals surface area contributed by atoms with Crippen LogP contribution >= 0.6 is 0 Å². The molecule has 1 N–H and O–H groups in total. The molecule has 4 rings (SSSR count). The van der Waals surface area contributed by atoms with Gasteiger partial charge in [-0.25, -0.2) is 4.68 Å². The highest BCUT2D eigenvalue weighted by Gasteiger charge is 2.31. The van der Waals surface area contributed by atoms with Crippen molar-refractivity contribution in [3.05, 3.63) is 120 Å². The van der Waals surface area contributed by atoms with Gasteiger partial charge in [-0.1, -0.05) is 111 Å². The molecule has 222 valence electrons. The molecule has 0 aliphatic rings. The summed E-state index contributed by atoms with van der Waals surface area (Å²) in [6, 6.07) is 31.5. The first-order chi connectivity index (χ1) is 20.3. The van der Waals surface area contributed by atoms with Crippen LogP contribution in [-0.4, -0.2) is 47.4 Å². The van der Waals surface area contributed by atoms with E-state index >= 15 is 0 Å². The van der Waals surface area contributed by atoms with Crippen LogP contribution in [0.25, 0.3) is 0 Å². The summed E-state index contributed by atoms with van der Waals surface area (Å²) in [6.07, 6.45) is 2.73. The molecule has 8 heteroatoms. The first-order valence-electron chi connectivity index (χ1n) is 14.7. The Morgan fingerprint density at radius 1 is 0.881 bits per heavy atom. The third-order valence-electron chi connectivity index (χ3n) is 7.12. The second-order valence-corrected chi connectivity index (χ2v) is 17.6. The summed E-state index contributed by atoms with van der Waals surface area (Å²) in [4.78, 5) is 16.1. The average molecular weight is 585 g/mol. The Labute approximate surface area is 251 Å². The Morgan fingerprint density at radius 3 is 1.98 bits per heavy atom. The van der Waals surface area contributed by atoms with Gasteiger partial charge >= 0.3 is 0 Å². The Kier molecular flexibility index (Phi) is 11.7. The van der Waals surface area contributed by atoms with E-state index in [2.05, 4.69) is 66.1 Å². The Morgan fingerprint density at radius 2 is 1.43 bits per heavy atom. The highest BCUT2D eigenvalue weighted by Crippen LogP contribution is 2.20. The standard InChI is InChI=1S/C34H44N4O3Si/c1-28(37(23-29-14-8-5-9-15-29)24-30-16-10-6-11-17-30)33(41-26-31-18-12-7-13-19-31)34(39)36-32-22-35-38(25-32)27-40-20-21-42(2,3)4/h5-19,22,25,28,33H,20-21,23-24,26-27H2,1-4H3,(H,36,39)/t28-,33?/m0/s1. The van der Waals surface area contributed by atoms with Crippen LogP contribution < -0.4 is 5.32 Å². The van der Waals surface area contributed by atoms with E-state index in [0.717, 1.165) is 11.6 Å². The molecule has 42 heavy (non-hydrogen) atoms. The van der Waals surface area contributed by atoms with Crippen LogP contribution in [0, 0.1) is 0 Å². The zero-order valence-corrected chi connectivity index (χ0v) is 26.3. The third-order valence-corrected chi connectivity index (χ3v) is 8.83. The number of nitrogens with one attached hydrogen (secondary N) is 1. The number of nitrogens with zero attached hydrogens (tertiary/aromatic N) is 3. The van der Waals surface area contributed by atoms with Crippen molar-refractivity contribution in [2.75, 3.05) is 11.9 Å². The number of amides is 1. The molecule has 4 aromatic rings. The molecule has 1 heterocycles. The summed E-state index contributed by atoms with van der Waals surface area (Å²) < 4.78 is 13.9. The van der Waals surface area contributed by atoms with Gasteiger partial charge in [0.2, 0.25) is 0 Å². The topological polar surface area (TPSA) is 68.6 Å². The van der Waals surface area contributed by atoms with E-state index in [4.69, 9.17) is 9.47 Å². The second kappa shape index (κ2) is 15.6. The number of ether oxygens (including phenoxy) is 2. The Hall–Kier alpha value is -3.56. The lowest BCUT2D eigenvalue weighted by Gasteiger charge is -2.34. The molecule has 0 aliphatic heterocycles. The van der Waals surface area contributed by atoms with E-state index in [1.54, 1.807) is 17.1 Å². The number of aromatic nitrogens is 2. The molecule has 1 amide bonds. The van der Waals surface area contributed by atoms with Gasteiger partial charge in [-0.2, -0.15) is 5.10 Å². The molecule has 0 bridgehead atoms. The molecule has 7 nitrogen and oxygen atoms in total. The Balaban J connectivity index is 1.50. The van der Waals surface area contributed by atoms with Gasteiger partial charge in [-0.3, -0.25) is 9.69 Å². The van der Waals surface area contributed by atoms with Gasteiger partial charge in [-0.05, 0) is 29.7 Å². The Bertz CT molecular complexity index is 1300. The normalized spacial score (nSPS) is 13.2. The van der Waals surface area contributed by atoms with E-state index in [1.165, 1.54) is 11.1 Å². The fraction of sp³-hybridized carbons (Fsp3) is 0.353. The van der Waals surface area contributed by atoms with Crippen molar-refractivity contribution in [2.24, 2.45) is 0 Å². The minimum absolute atomic E-state index is 0.205. The minimum Gasteiger partial charge on any atom is -0.362 e. The minimum atomic E-state index is -1.16. The van der Waals surface area contributed by atoms with Crippen molar-refractivity contribution in [3.8, 4) is 0 Å². The fourth-order valence-electron chi connectivity index (χ4n) is 4.61. The van der Waals surface area contributed by atoms with Gasteiger partial charge in [0.1, 0.15) is 6.73 Å². The maximum absolute atomic E-state index is 13.8. The van der Waals surface area contributed by atoms with Crippen LogP contribution in [0.4, 0.5) is 5.69 Å². The van der Waals surface area contributed by atoms with Gasteiger partial charge < -0.3 is 14.8 Å². The van der Waals surface area contributed by atoms with Crippen molar-refractivity contribution >= 4 is 19.7 Å². The monoisotopic (exact) mass is 584 g/mol. The van der Waals surface area contributed by atoms with Gasteiger partial charge in [0.25, 0.3) is 5.91 Å². The van der Waals surface area contributed by atoms with E-state index < -0.39 is 14.2 Å². The van der Waals surface area contributed by atoms with Crippen LogP contribution in [0.15, 0.2) is 103 Å². The van der Waals surface area contributed by atoms with Crippen molar-refractivity contribution < 1.29 is 14.3 Å². The molecule has 0 radical (unpaired) electrons. The van der Waals surface area contributed by atoms with E-state index in [1.807, 2.05) is 66.7 Å². The molecule has 1 aromatic heterocycles. The highest BCUT2D eigenvalue weighted by molar-refractivity contribution is 6.76. The number of anilines is 1. The summed E-state index contributed by atoms with van der Waals surface area (Å²) in [5.74, 6) is -0.205. The van der Waals surface area contributed by atoms with Gasteiger partial charge in [0.15, 0.2) is 6.10 Å². The van der Waals surface area contributed by atoms with Crippen molar-refractivity contribution in [1.82, 2.24) is 14.7 Å². The molecule has 2 atom stereocenters. The first kappa shape index (κ1) is 31.4. The molecule has 0 spiro atoms. The number of rotatable bonds is 16. The highest BCUT2D eigenvalue weighted by atomic mass is 28.3. The number of hydrogen-bond acceptors (Lipinski definition) is 5. The molecule has 1 unspecified atom stereocenters. The van der Waals surface area contributed by atoms with Crippen LogP contribution in [0.5, 0.6) is 0 Å². The number of carbonyl (C=O) groups is 1. The first-order valence-corrected chi connectivity index (χ1v) is 18.4. The maximum Gasteiger partial charge on any atom is 0.255 e. The van der Waals surface area contributed by atoms with Crippen molar-refractivity contribution in [1.29, 1.82) is 0 Å². The molecule has 3 aromatic carbocycles. The van der Waals surface area contributed by atoms with Crippen LogP contribution in [0.3, 0.4) is 0 Å². The molecular weight excluding hydrogens is 540 g/mol. The summed E-state index contributed by atoms with van der Waals surface area (Å²) >= 11 is 0. The predicted octanol–water partition coefficient (Wildman–Crippen LogP) is 6.81. The predicted molar refractivity (Wildman–Crippen MR) is 172 cm³/mol.